The van der Waals surface area contributed by atoms with E-state index in [-0.39, 0.29) is 12.0 Å². The van der Waals surface area contributed by atoms with E-state index in [1.165, 1.54) is 5.56 Å². The topological polar surface area (TPSA) is 67.4 Å². The second kappa shape index (κ2) is 7.91. The fourth-order valence-electron chi connectivity index (χ4n) is 3.47. The van der Waals surface area contributed by atoms with Crippen LogP contribution in [0.25, 0.3) is 0 Å². The second-order valence-electron chi connectivity index (χ2n) is 7.34. The van der Waals surface area contributed by atoms with Crippen molar-refractivity contribution in [3.63, 3.8) is 0 Å². The van der Waals surface area contributed by atoms with Crippen LogP contribution in [-0.2, 0) is 6.42 Å². The largest absolute Gasteiger partial charge is 0.489 e. The molecule has 0 saturated heterocycles. The molecule has 0 bridgehead atoms. The van der Waals surface area contributed by atoms with Gasteiger partial charge in [-0.05, 0) is 57.0 Å². The van der Waals surface area contributed by atoms with Crippen molar-refractivity contribution < 1.29 is 9.53 Å². The first-order chi connectivity index (χ1) is 14.0. The molecule has 2 heterocycles. The van der Waals surface area contributed by atoms with Gasteiger partial charge in [-0.15, -0.1) is 0 Å². The van der Waals surface area contributed by atoms with Crippen LogP contribution in [0.5, 0.6) is 5.75 Å². The maximum Gasteiger partial charge on any atom is 0.277 e. The molecule has 29 heavy (non-hydrogen) atoms. The average Bonchev–Trinajstić information content (AvgIpc) is 3.12. The number of hydrogen-bond acceptors (Lipinski definition) is 5. The molecule has 0 unspecified atom stereocenters. The number of nitrogens with one attached hydrogen (secondary N) is 1. The molecule has 0 radical (unpaired) electrons. The minimum absolute atomic E-state index is 0.0451. The molecule has 1 aliphatic heterocycles. The van der Waals surface area contributed by atoms with Gasteiger partial charge in [0.15, 0.2) is 0 Å². The van der Waals surface area contributed by atoms with Gasteiger partial charge in [0.05, 0.1) is 11.8 Å². The van der Waals surface area contributed by atoms with Crippen LogP contribution in [0.2, 0.25) is 0 Å². The highest BCUT2D eigenvalue weighted by Crippen LogP contribution is 2.30. The molecule has 0 aliphatic carbocycles. The zero-order valence-corrected chi connectivity index (χ0v) is 16.8. The number of carbonyl (C=O) groups excluding carboxylic acids is 1. The number of aromatic nitrogens is 2. The summed E-state index contributed by atoms with van der Waals surface area (Å²) >= 11 is 0. The zero-order valence-electron chi connectivity index (χ0n) is 16.8. The van der Waals surface area contributed by atoms with E-state index in [1.54, 1.807) is 11.0 Å². The van der Waals surface area contributed by atoms with Crippen molar-refractivity contribution in [2.45, 2.75) is 33.3 Å². The fraction of sp³-hybridized carbons (Fsp3) is 0.261. The molecule has 1 aromatic heterocycles. The summed E-state index contributed by atoms with van der Waals surface area (Å²) in [5.41, 5.74) is 4.00. The van der Waals surface area contributed by atoms with E-state index < -0.39 is 0 Å². The lowest BCUT2D eigenvalue weighted by Crippen LogP contribution is -2.30. The Morgan fingerprint density at radius 3 is 2.69 bits per heavy atom. The monoisotopic (exact) mass is 388 g/mol. The smallest absolute Gasteiger partial charge is 0.277 e. The van der Waals surface area contributed by atoms with Gasteiger partial charge >= 0.3 is 0 Å². The van der Waals surface area contributed by atoms with Crippen LogP contribution >= 0.6 is 0 Å². The van der Waals surface area contributed by atoms with Crippen molar-refractivity contribution >= 4 is 23.2 Å². The summed E-state index contributed by atoms with van der Waals surface area (Å²) in [7, 11) is 0. The SMILES string of the molecule is Cc1cc(C(=O)N2CCc3ccccc32)nc(Nc2ccccc2OC(C)C)n1. The van der Waals surface area contributed by atoms with Crippen LogP contribution in [0.4, 0.5) is 17.3 Å². The molecule has 6 nitrogen and oxygen atoms in total. The summed E-state index contributed by atoms with van der Waals surface area (Å²) in [4.78, 5) is 23.9. The highest BCUT2D eigenvalue weighted by Gasteiger charge is 2.26. The Morgan fingerprint density at radius 1 is 1.10 bits per heavy atom. The highest BCUT2D eigenvalue weighted by atomic mass is 16.5. The summed E-state index contributed by atoms with van der Waals surface area (Å²) in [6, 6.07) is 17.4. The standard InChI is InChI=1S/C23H24N4O2/c1-15(2)29-21-11-7-5-9-18(21)25-23-24-16(3)14-19(26-23)22(28)27-13-12-17-8-4-6-10-20(17)27/h4-11,14-15H,12-13H2,1-3H3,(H,24,25,26). The summed E-state index contributed by atoms with van der Waals surface area (Å²) in [6.45, 7) is 6.47. The molecule has 4 rings (SSSR count). The average molecular weight is 388 g/mol. The van der Waals surface area contributed by atoms with Crippen molar-refractivity contribution in [2.75, 3.05) is 16.8 Å². The Balaban J connectivity index is 1.62. The third-order valence-electron chi connectivity index (χ3n) is 4.70. The van der Waals surface area contributed by atoms with E-state index in [0.29, 0.717) is 23.9 Å². The third-order valence-corrected chi connectivity index (χ3v) is 4.70. The van der Waals surface area contributed by atoms with Gasteiger partial charge in [-0.2, -0.15) is 0 Å². The van der Waals surface area contributed by atoms with Gasteiger partial charge in [-0.3, -0.25) is 4.79 Å². The summed E-state index contributed by atoms with van der Waals surface area (Å²) in [5, 5.41) is 3.21. The number of benzene rings is 2. The van der Waals surface area contributed by atoms with Crippen LogP contribution in [-0.4, -0.2) is 28.5 Å². The van der Waals surface area contributed by atoms with Gasteiger partial charge in [0.1, 0.15) is 11.4 Å². The van der Waals surface area contributed by atoms with E-state index >= 15 is 0 Å². The van der Waals surface area contributed by atoms with Crippen molar-refractivity contribution in [1.29, 1.82) is 0 Å². The lowest BCUT2D eigenvalue weighted by atomic mass is 10.2. The third kappa shape index (κ3) is 4.06. The van der Waals surface area contributed by atoms with Crippen LogP contribution < -0.4 is 15.0 Å². The Kier molecular flexibility index (Phi) is 5.16. The molecule has 1 N–H and O–H groups in total. The molecule has 6 heteroatoms. The number of ether oxygens (including phenoxy) is 1. The lowest BCUT2D eigenvalue weighted by Gasteiger charge is -2.18. The van der Waals surface area contributed by atoms with Crippen LogP contribution in [0.15, 0.2) is 54.6 Å². The van der Waals surface area contributed by atoms with Gasteiger partial charge in [0.25, 0.3) is 5.91 Å². The molecule has 148 valence electrons. The molecule has 0 spiro atoms. The van der Waals surface area contributed by atoms with Gasteiger partial charge < -0.3 is 15.0 Å². The maximum absolute atomic E-state index is 13.2. The first-order valence-corrected chi connectivity index (χ1v) is 9.79. The number of rotatable bonds is 5. The Bertz CT molecular complexity index is 1050. The van der Waals surface area contributed by atoms with Crippen LogP contribution in [0.3, 0.4) is 0 Å². The van der Waals surface area contributed by atoms with Crippen molar-refractivity contribution in [3.8, 4) is 5.75 Å². The number of carbonyl (C=O) groups is 1. The van der Waals surface area contributed by atoms with E-state index in [0.717, 1.165) is 23.5 Å². The number of fused-ring (bicyclic) bond motifs is 1. The predicted molar refractivity (Wildman–Crippen MR) is 114 cm³/mol. The zero-order chi connectivity index (χ0) is 20.4. The molecular formula is C23H24N4O2. The van der Waals surface area contributed by atoms with Gasteiger partial charge in [0, 0.05) is 17.9 Å². The first-order valence-electron chi connectivity index (χ1n) is 9.79. The molecular weight excluding hydrogens is 364 g/mol. The predicted octanol–water partition coefficient (Wildman–Crippen LogP) is 4.52. The number of nitrogens with zero attached hydrogens (tertiary/aromatic N) is 3. The molecule has 0 atom stereocenters. The molecule has 3 aromatic rings. The van der Waals surface area contributed by atoms with Crippen molar-refractivity contribution in [3.05, 3.63) is 71.5 Å². The summed E-state index contributed by atoms with van der Waals surface area (Å²) < 4.78 is 5.85. The quantitative estimate of drug-likeness (QED) is 0.696. The van der Waals surface area contributed by atoms with E-state index in [9.17, 15) is 4.79 Å². The maximum atomic E-state index is 13.2. The summed E-state index contributed by atoms with van der Waals surface area (Å²) in [6.07, 6.45) is 0.903. The molecule has 0 fully saturated rings. The van der Waals surface area contributed by atoms with Gasteiger partial charge in [0.2, 0.25) is 5.95 Å². The summed E-state index contributed by atoms with van der Waals surface area (Å²) in [5.74, 6) is 0.977. The van der Waals surface area contributed by atoms with Crippen LogP contribution in [0.1, 0.15) is 35.6 Å². The van der Waals surface area contributed by atoms with Gasteiger partial charge in [-0.1, -0.05) is 30.3 Å². The molecule has 0 saturated carbocycles. The van der Waals surface area contributed by atoms with E-state index in [2.05, 4.69) is 21.4 Å². The Morgan fingerprint density at radius 2 is 1.86 bits per heavy atom. The minimum atomic E-state index is -0.116. The van der Waals surface area contributed by atoms with Gasteiger partial charge in [-0.25, -0.2) is 9.97 Å². The number of amides is 1. The highest BCUT2D eigenvalue weighted by molar-refractivity contribution is 6.06. The van der Waals surface area contributed by atoms with E-state index in [1.807, 2.05) is 63.2 Å². The molecule has 1 amide bonds. The Labute approximate surface area is 170 Å². The number of hydrogen-bond donors (Lipinski definition) is 1. The lowest BCUT2D eigenvalue weighted by molar-refractivity contribution is 0.0984. The molecule has 1 aliphatic rings. The first kappa shape index (κ1) is 18.9. The van der Waals surface area contributed by atoms with Crippen molar-refractivity contribution in [2.24, 2.45) is 0 Å². The number of aryl methyl sites for hydroxylation is 1. The fourth-order valence-corrected chi connectivity index (χ4v) is 3.47. The molecule has 2 aromatic carbocycles. The number of para-hydroxylation sites is 3. The van der Waals surface area contributed by atoms with E-state index in [4.69, 9.17) is 4.74 Å². The number of anilines is 3. The Hall–Kier alpha value is -3.41. The normalized spacial score (nSPS) is 12.8. The second-order valence-corrected chi connectivity index (χ2v) is 7.34. The van der Waals surface area contributed by atoms with Crippen molar-refractivity contribution in [1.82, 2.24) is 9.97 Å². The minimum Gasteiger partial charge on any atom is -0.489 e. The van der Waals surface area contributed by atoms with Crippen LogP contribution in [0, 0.1) is 6.92 Å².